The van der Waals surface area contributed by atoms with Gasteiger partial charge in [0.1, 0.15) is 0 Å². The van der Waals surface area contributed by atoms with Crippen LogP contribution in [0, 0.1) is 5.92 Å². The Labute approximate surface area is 139 Å². The van der Waals surface area contributed by atoms with Crippen molar-refractivity contribution < 1.29 is 18.3 Å². The van der Waals surface area contributed by atoms with Gasteiger partial charge in [0, 0.05) is 5.02 Å². The summed E-state index contributed by atoms with van der Waals surface area (Å²) in [6.07, 6.45) is -0.410. The van der Waals surface area contributed by atoms with E-state index in [2.05, 4.69) is 0 Å². The van der Waals surface area contributed by atoms with E-state index >= 15 is 0 Å². The summed E-state index contributed by atoms with van der Waals surface area (Å²) >= 11 is 5.75. The molecule has 3 N–H and O–H groups in total. The van der Waals surface area contributed by atoms with E-state index in [0.717, 1.165) is 44.2 Å². The van der Waals surface area contributed by atoms with Gasteiger partial charge in [-0.3, -0.25) is 0 Å². The van der Waals surface area contributed by atoms with Crippen LogP contribution in [0.25, 0.3) is 0 Å². The normalized spacial score (nSPS) is 19.4. The Morgan fingerprint density at radius 2 is 1.73 bits per heavy atom. The van der Waals surface area contributed by atoms with Gasteiger partial charge < -0.3 is 10.8 Å². The Kier molecular flexibility index (Phi) is 6.99. The SMILES string of the molecule is Cl.N[C@H](c1cc(Cl)cc(C(F)(F)F)c1)[C@@H](O)C1CCCCC1. The van der Waals surface area contributed by atoms with Crippen molar-refractivity contribution in [1.29, 1.82) is 0 Å². The summed E-state index contributed by atoms with van der Waals surface area (Å²) in [6.45, 7) is 0. The second-order valence-corrected chi connectivity index (χ2v) is 6.12. The lowest BCUT2D eigenvalue weighted by Gasteiger charge is -2.31. The van der Waals surface area contributed by atoms with Crippen molar-refractivity contribution in [3.63, 3.8) is 0 Å². The third-order valence-corrected chi connectivity index (χ3v) is 4.35. The zero-order chi connectivity index (χ0) is 15.6. The third kappa shape index (κ3) is 4.75. The minimum Gasteiger partial charge on any atom is -0.391 e. The van der Waals surface area contributed by atoms with Gasteiger partial charge in [-0.15, -0.1) is 12.4 Å². The number of alkyl halides is 3. The maximum atomic E-state index is 12.8. The molecule has 0 bridgehead atoms. The molecule has 0 aromatic heterocycles. The first-order valence-electron chi connectivity index (χ1n) is 7.10. The fourth-order valence-electron chi connectivity index (χ4n) is 2.93. The van der Waals surface area contributed by atoms with Gasteiger partial charge in [-0.05, 0) is 42.5 Å². The molecule has 2 atom stereocenters. The number of aliphatic hydroxyl groups excluding tert-OH is 1. The third-order valence-electron chi connectivity index (χ3n) is 4.13. The number of benzene rings is 1. The van der Waals surface area contributed by atoms with Gasteiger partial charge in [0.25, 0.3) is 0 Å². The molecule has 0 saturated heterocycles. The lowest BCUT2D eigenvalue weighted by atomic mass is 9.81. The van der Waals surface area contributed by atoms with Crippen LogP contribution in [-0.4, -0.2) is 11.2 Å². The van der Waals surface area contributed by atoms with Crippen LogP contribution in [0.2, 0.25) is 5.02 Å². The van der Waals surface area contributed by atoms with Crippen molar-refractivity contribution in [2.45, 2.75) is 50.4 Å². The summed E-state index contributed by atoms with van der Waals surface area (Å²) in [5.74, 6) is 0.0436. The molecule has 2 nitrogen and oxygen atoms in total. The number of hydrogen-bond donors (Lipinski definition) is 2. The molecular formula is C15H20Cl2F3NO. The smallest absolute Gasteiger partial charge is 0.391 e. The molecule has 7 heteroatoms. The van der Waals surface area contributed by atoms with E-state index in [4.69, 9.17) is 17.3 Å². The molecule has 1 aromatic rings. The molecule has 0 aliphatic heterocycles. The average molecular weight is 358 g/mol. The van der Waals surface area contributed by atoms with E-state index in [1.807, 2.05) is 0 Å². The van der Waals surface area contributed by atoms with Crippen LogP contribution >= 0.6 is 24.0 Å². The molecule has 1 aliphatic carbocycles. The fourth-order valence-corrected chi connectivity index (χ4v) is 3.18. The number of hydrogen-bond acceptors (Lipinski definition) is 2. The molecule has 1 aromatic carbocycles. The number of aliphatic hydroxyl groups is 1. The molecule has 1 aliphatic rings. The van der Waals surface area contributed by atoms with E-state index < -0.39 is 23.9 Å². The highest BCUT2D eigenvalue weighted by atomic mass is 35.5. The van der Waals surface area contributed by atoms with Crippen molar-refractivity contribution in [2.24, 2.45) is 11.7 Å². The summed E-state index contributed by atoms with van der Waals surface area (Å²) in [5, 5.41) is 10.3. The molecule has 22 heavy (non-hydrogen) atoms. The van der Waals surface area contributed by atoms with Gasteiger partial charge in [-0.1, -0.05) is 30.9 Å². The first kappa shape index (κ1) is 19.6. The van der Waals surface area contributed by atoms with Crippen LogP contribution in [0.3, 0.4) is 0 Å². The van der Waals surface area contributed by atoms with Crippen molar-refractivity contribution in [3.8, 4) is 0 Å². The average Bonchev–Trinajstić information content (AvgIpc) is 2.45. The van der Waals surface area contributed by atoms with Gasteiger partial charge in [-0.2, -0.15) is 13.2 Å². The molecule has 1 fully saturated rings. The van der Waals surface area contributed by atoms with E-state index in [9.17, 15) is 18.3 Å². The Bertz CT molecular complexity index is 490. The monoisotopic (exact) mass is 357 g/mol. The summed E-state index contributed by atoms with van der Waals surface area (Å²) in [5.41, 5.74) is 5.37. The highest BCUT2D eigenvalue weighted by molar-refractivity contribution is 6.30. The van der Waals surface area contributed by atoms with Gasteiger partial charge >= 0.3 is 6.18 Å². The Morgan fingerprint density at radius 3 is 2.27 bits per heavy atom. The molecule has 0 unspecified atom stereocenters. The van der Waals surface area contributed by atoms with Crippen LogP contribution < -0.4 is 5.73 Å². The quantitative estimate of drug-likeness (QED) is 0.821. The summed E-state index contributed by atoms with van der Waals surface area (Å²) < 4.78 is 38.4. The Morgan fingerprint density at radius 1 is 1.14 bits per heavy atom. The van der Waals surface area contributed by atoms with Crippen molar-refractivity contribution in [2.75, 3.05) is 0 Å². The zero-order valence-electron chi connectivity index (χ0n) is 11.9. The van der Waals surface area contributed by atoms with Crippen LogP contribution in [0.5, 0.6) is 0 Å². The van der Waals surface area contributed by atoms with E-state index in [-0.39, 0.29) is 28.9 Å². The first-order valence-corrected chi connectivity index (χ1v) is 7.48. The minimum atomic E-state index is -4.48. The Balaban J connectivity index is 0.00000242. The molecule has 0 heterocycles. The van der Waals surface area contributed by atoms with E-state index in [0.29, 0.717) is 0 Å². The maximum Gasteiger partial charge on any atom is 0.416 e. The Hall–Kier alpha value is -0.490. The van der Waals surface area contributed by atoms with Crippen molar-refractivity contribution in [1.82, 2.24) is 0 Å². The predicted molar refractivity (Wildman–Crippen MR) is 83.2 cm³/mol. The largest absolute Gasteiger partial charge is 0.416 e. The summed E-state index contributed by atoms with van der Waals surface area (Å²) in [6, 6.07) is 2.38. The number of halogens is 5. The lowest BCUT2D eigenvalue weighted by molar-refractivity contribution is -0.137. The topological polar surface area (TPSA) is 46.2 Å². The zero-order valence-corrected chi connectivity index (χ0v) is 13.5. The lowest BCUT2D eigenvalue weighted by Crippen LogP contribution is -2.34. The van der Waals surface area contributed by atoms with Gasteiger partial charge in [0.15, 0.2) is 0 Å². The van der Waals surface area contributed by atoms with E-state index in [1.165, 1.54) is 6.07 Å². The molecular weight excluding hydrogens is 338 g/mol. The van der Waals surface area contributed by atoms with Crippen LogP contribution in [0.4, 0.5) is 13.2 Å². The summed E-state index contributed by atoms with van der Waals surface area (Å²) in [4.78, 5) is 0. The maximum absolute atomic E-state index is 12.8. The van der Waals surface area contributed by atoms with Gasteiger partial charge in [0.2, 0.25) is 0 Å². The molecule has 0 amide bonds. The molecule has 0 spiro atoms. The molecule has 2 rings (SSSR count). The second-order valence-electron chi connectivity index (χ2n) is 5.69. The molecule has 126 valence electrons. The first-order chi connectivity index (χ1) is 9.79. The number of rotatable bonds is 3. The van der Waals surface area contributed by atoms with Crippen molar-refractivity contribution in [3.05, 3.63) is 34.3 Å². The van der Waals surface area contributed by atoms with Gasteiger partial charge in [0.05, 0.1) is 17.7 Å². The van der Waals surface area contributed by atoms with Crippen molar-refractivity contribution >= 4 is 24.0 Å². The minimum absolute atomic E-state index is 0. The highest BCUT2D eigenvalue weighted by Gasteiger charge is 2.33. The predicted octanol–water partition coefficient (Wildman–Crippen LogP) is 4.72. The van der Waals surface area contributed by atoms with E-state index in [1.54, 1.807) is 0 Å². The molecule has 1 saturated carbocycles. The highest BCUT2D eigenvalue weighted by Crippen LogP contribution is 2.36. The van der Waals surface area contributed by atoms with Crippen LogP contribution in [0.1, 0.15) is 49.3 Å². The van der Waals surface area contributed by atoms with Crippen LogP contribution in [-0.2, 0) is 6.18 Å². The summed E-state index contributed by atoms with van der Waals surface area (Å²) in [7, 11) is 0. The number of nitrogens with two attached hydrogens (primary N) is 1. The second kappa shape index (κ2) is 7.86. The fraction of sp³-hybridized carbons (Fsp3) is 0.600. The molecule has 0 radical (unpaired) electrons. The van der Waals surface area contributed by atoms with Crippen LogP contribution in [0.15, 0.2) is 18.2 Å². The standard InChI is InChI=1S/C15H19ClF3NO.ClH/c16-12-7-10(6-11(8-12)15(17,18)19)13(20)14(21)9-4-2-1-3-5-9;/h6-9,13-14,21H,1-5,20H2;1H/t13-,14+;/m1./s1. The van der Waals surface area contributed by atoms with Gasteiger partial charge in [-0.25, -0.2) is 0 Å².